The molecular weight excluding hydrogens is 269 g/mol. The van der Waals surface area contributed by atoms with Gasteiger partial charge in [0.25, 0.3) is 10.1 Å². The lowest BCUT2D eigenvalue weighted by Gasteiger charge is -2.06. The maximum atomic E-state index is 13.3. The molecule has 0 amide bonds. The molecule has 2 rings (SSSR count). The molecule has 0 saturated carbocycles. The van der Waals surface area contributed by atoms with E-state index in [2.05, 4.69) is 4.98 Å². The third-order valence-corrected chi connectivity index (χ3v) is 3.77. The summed E-state index contributed by atoms with van der Waals surface area (Å²) < 4.78 is 41.8. The second-order valence-electron chi connectivity index (χ2n) is 3.96. The maximum Gasteiger partial charge on any atom is 0.297 e. The second kappa shape index (κ2) is 5.46. The molecule has 0 atom stereocenters. The molecule has 1 aromatic heterocycles. The lowest BCUT2D eigenvalue weighted by Crippen LogP contribution is -2.08. The Bertz CT molecular complexity index is 669. The number of nitrogens with zero attached hydrogens (tertiary/aromatic N) is 1. The van der Waals surface area contributed by atoms with Crippen LogP contribution in [0.2, 0.25) is 0 Å². The zero-order valence-electron chi connectivity index (χ0n) is 10.2. The van der Waals surface area contributed by atoms with Crippen molar-refractivity contribution in [3.8, 4) is 0 Å². The van der Waals surface area contributed by atoms with Crippen LogP contribution in [0.15, 0.2) is 47.5 Å². The van der Waals surface area contributed by atoms with Crippen LogP contribution in [-0.2, 0) is 20.9 Å². The number of benzene rings is 1. The van der Waals surface area contributed by atoms with E-state index in [9.17, 15) is 12.8 Å². The highest BCUT2D eigenvalue weighted by Gasteiger charge is 2.16. The van der Waals surface area contributed by atoms with Gasteiger partial charge in [0.05, 0.1) is 4.90 Å². The molecule has 6 heteroatoms. The van der Waals surface area contributed by atoms with E-state index in [1.54, 1.807) is 12.1 Å². The topological polar surface area (TPSA) is 56.3 Å². The van der Waals surface area contributed by atoms with Crippen LogP contribution in [0, 0.1) is 12.7 Å². The van der Waals surface area contributed by atoms with E-state index >= 15 is 0 Å². The van der Waals surface area contributed by atoms with Crippen LogP contribution in [0.3, 0.4) is 0 Å². The highest BCUT2D eigenvalue weighted by Crippen LogP contribution is 2.15. The number of aromatic nitrogens is 1. The molecule has 0 N–H and O–H groups in total. The molecule has 0 aliphatic carbocycles. The lowest BCUT2D eigenvalue weighted by atomic mass is 10.2. The van der Waals surface area contributed by atoms with Crippen molar-refractivity contribution in [2.45, 2.75) is 18.4 Å². The van der Waals surface area contributed by atoms with Crippen molar-refractivity contribution < 1.29 is 17.0 Å². The first-order valence-corrected chi connectivity index (χ1v) is 6.95. The number of halogens is 1. The smallest absolute Gasteiger partial charge is 0.260 e. The molecule has 0 saturated heterocycles. The number of aryl methyl sites for hydroxylation is 1. The third-order valence-electron chi connectivity index (χ3n) is 2.50. The Morgan fingerprint density at radius 3 is 2.53 bits per heavy atom. The molecule has 4 nitrogen and oxygen atoms in total. The van der Waals surface area contributed by atoms with E-state index in [1.165, 1.54) is 30.5 Å². The van der Waals surface area contributed by atoms with E-state index in [0.717, 1.165) is 5.56 Å². The normalized spacial score (nSPS) is 11.5. The zero-order valence-corrected chi connectivity index (χ0v) is 11.0. The number of hydrogen-bond donors (Lipinski definition) is 0. The van der Waals surface area contributed by atoms with Gasteiger partial charge in [0.1, 0.15) is 18.1 Å². The summed E-state index contributed by atoms with van der Waals surface area (Å²) in [5.74, 6) is -0.596. The third kappa shape index (κ3) is 3.36. The summed E-state index contributed by atoms with van der Waals surface area (Å²) in [5, 5.41) is 0. The summed E-state index contributed by atoms with van der Waals surface area (Å²) in [5.41, 5.74) is 0.896. The van der Waals surface area contributed by atoms with Gasteiger partial charge in [-0.05, 0) is 31.2 Å². The van der Waals surface area contributed by atoms with Crippen LogP contribution in [0.5, 0.6) is 0 Å². The average molecular weight is 281 g/mol. The predicted molar refractivity (Wildman–Crippen MR) is 67.3 cm³/mol. The first-order valence-electron chi connectivity index (χ1n) is 5.54. The summed E-state index contributed by atoms with van der Waals surface area (Å²) in [6, 6.07) is 8.84. The van der Waals surface area contributed by atoms with E-state index < -0.39 is 22.5 Å². The zero-order chi connectivity index (χ0) is 13.9. The van der Waals surface area contributed by atoms with E-state index in [4.69, 9.17) is 4.18 Å². The van der Waals surface area contributed by atoms with Crippen LogP contribution in [-0.4, -0.2) is 13.4 Å². The van der Waals surface area contributed by atoms with Gasteiger partial charge in [0, 0.05) is 6.20 Å². The summed E-state index contributed by atoms with van der Waals surface area (Å²) in [6.07, 6.45) is 1.38. The predicted octanol–water partition coefficient (Wildman–Crippen LogP) is 2.43. The van der Waals surface area contributed by atoms with Gasteiger partial charge in [-0.15, -0.1) is 0 Å². The van der Waals surface area contributed by atoms with Crippen molar-refractivity contribution in [2.24, 2.45) is 0 Å². The minimum atomic E-state index is -3.90. The molecule has 2 aromatic rings. The number of pyridine rings is 1. The van der Waals surface area contributed by atoms with Crippen LogP contribution >= 0.6 is 0 Å². The quantitative estimate of drug-likeness (QED) is 0.808. The minimum absolute atomic E-state index is 0.0365. The minimum Gasteiger partial charge on any atom is -0.260 e. The summed E-state index contributed by atoms with van der Waals surface area (Å²) in [4.78, 5) is 3.76. The van der Waals surface area contributed by atoms with Crippen molar-refractivity contribution >= 4 is 10.1 Å². The highest BCUT2D eigenvalue weighted by molar-refractivity contribution is 7.86. The molecule has 0 bridgehead atoms. The molecule has 0 radical (unpaired) electrons. The fourth-order valence-corrected chi connectivity index (χ4v) is 2.30. The highest BCUT2D eigenvalue weighted by atomic mass is 32.2. The molecule has 0 unspecified atom stereocenters. The van der Waals surface area contributed by atoms with Crippen LogP contribution in [0.25, 0.3) is 0 Å². The first kappa shape index (κ1) is 13.6. The number of rotatable bonds is 4. The fraction of sp³-hybridized carbons (Fsp3) is 0.154. The summed E-state index contributed by atoms with van der Waals surface area (Å²) in [6.45, 7) is 1.42. The molecule has 1 heterocycles. The molecule has 0 fully saturated rings. The summed E-state index contributed by atoms with van der Waals surface area (Å²) >= 11 is 0. The van der Waals surface area contributed by atoms with Gasteiger partial charge >= 0.3 is 0 Å². The fourth-order valence-electron chi connectivity index (χ4n) is 1.43. The second-order valence-corrected chi connectivity index (χ2v) is 5.58. The van der Waals surface area contributed by atoms with Crippen molar-refractivity contribution in [1.82, 2.24) is 4.98 Å². The summed E-state index contributed by atoms with van der Waals surface area (Å²) in [7, 11) is -3.90. The Balaban J connectivity index is 2.14. The largest absolute Gasteiger partial charge is 0.297 e. The Morgan fingerprint density at radius 1 is 1.21 bits per heavy atom. The van der Waals surface area contributed by atoms with Crippen molar-refractivity contribution in [1.29, 1.82) is 0 Å². The van der Waals surface area contributed by atoms with Crippen LogP contribution in [0.1, 0.15) is 11.3 Å². The molecule has 0 spiro atoms. The van der Waals surface area contributed by atoms with Gasteiger partial charge in [0.2, 0.25) is 0 Å². The van der Waals surface area contributed by atoms with Gasteiger partial charge < -0.3 is 0 Å². The van der Waals surface area contributed by atoms with Gasteiger partial charge in [-0.25, -0.2) is 4.39 Å². The molecular formula is C13H12FNO3S. The monoisotopic (exact) mass is 281 g/mol. The van der Waals surface area contributed by atoms with E-state index in [1.807, 2.05) is 6.92 Å². The Hall–Kier alpha value is -1.79. The molecule has 100 valence electrons. The van der Waals surface area contributed by atoms with E-state index in [-0.39, 0.29) is 10.6 Å². The molecule has 0 aliphatic heterocycles. The van der Waals surface area contributed by atoms with Gasteiger partial charge in [0.15, 0.2) is 0 Å². The van der Waals surface area contributed by atoms with Crippen LogP contribution in [0.4, 0.5) is 4.39 Å². The Morgan fingerprint density at radius 2 is 1.89 bits per heavy atom. The van der Waals surface area contributed by atoms with Gasteiger partial charge in [-0.2, -0.15) is 8.42 Å². The maximum absolute atomic E-state index is 13.3. The Labute approximate surface area is 111 Å². The molecule has 1 aromatic carbocycles. The van der Waals surface area contributed by atoms with Gasteiger partial charge in [-0.3, -0.25) is 9.17 Å². The SMILES string of the molecule is Cc1ccc(S(=O)(=O)OCc2ncccc2F)cc1. The van der Waals surface area contributed by atoms with Crippen molar-refractivity contribution in [3.05, 3.63) is 59.7 Å². The van der Waals surface area contributed by atoms with E-state index in [0.29, 0.717) is 0 Å². The lowest BCUT2D eigenvalue weighted by molar-refractivity contribution is 0.297. The van der Waals surface area contributed by atoms with Crippen molar-refractivity contribution in [2.75, 3.05) is 0 Å². The average Bonchev–Trinajstić information content (AvgIpc) is 2.38. The first-order chi connectivity index (χ1) is 8.99. The molecule has 0 aliphatic rings. The Kier molecular flexibility index (Phi) is 3.92. The molecule has 19 heavy (non-hydrogen) atoms. The van der Waals surface area contributed by atoms with Crippen LogP contribution < -0.4 is 0 Å². The van der Waals surface area contributed by atoms with Gasteiger partial charge in [-0.1, -0.05) is 17.7 Å². The number of hydrogen-bond acceptors (Lipinski definition) is 4. The van der Waals surface area contributed by atoms with Crippen molar-refractivity contribution in [3.63, 3.8) is 0 Å². The standard InChI is InChI=1S/C13H12FNO3S/c1-10-4-6-11(7-5-10)19(16,17)18-9-13-12(14)3-2-8-15-13/h2-8H,9H2,1H3.